The fourth-order valence-electron chi connectivity index (χ4n) is 1.54. The Bertz CT molecular complexity index is 345. The topological polar surface area (TPSA) is 74.7 Å². The lowest BCUT2D eigenvalue weighted by atomic mass is 10.0. The summed E-state index contributed by atoms with van der Waals surface area (Å²) in [5.74, 6) is -1.51. The highest BCUT2D eigenvalue weighted by Gasteiger charge is 2.36. The highest BCUT2D eigenvalue weighted by atomic mass is 16.3. The predicted molar refractivity (Wildman–Crippen MR) is 51.9 cm³/mol. The van der Waals surface area contributed by atoms with E-state index in [1.54, 1.807) is 0 Å². The van der Waals surface area contributed by atoms with Gasteiger partial charge in [0.2, 0.25) is 11.8 Å². The Balaban J connectivity index is 2.65. The van der Waals surface area contributed by atoms with Crippen LogP contribution in [-0.4, -0.2) is 34.7 Å². The molecule has 1 atom stereocenters. The maximum atomic E-state index is 11.4. The molecular formula is C10H13NO4. The van der Waals surface area contributed by atoms with Crippen molar-refractivity contribution in [2.75, 3.05) is 7.05 Å². The molecule has 0 aromatic rings. The van der Waals surface area contributed by atoms with Crippen LogP contribution in [0.2, 0.25) is 0 Å². The van der Waals surface area contributed by atoms with Gasteiger partial charge in [0.05, 0.1) is 11.7 Å². The molecule has 1 fully saturated rings. The Morgan fingerprint density at radius 2 is 2.20 bits per heavy atom. The molecule has 0 aromatic carbocycles. The minimum Gasteiger partial charge on any atom is -0.512 e. The monoisotopic (exact) mass is 211 g/mol. The van der Waals surface area contributed by atoms with Crippen LogP contribution in [0.4, 0.5) is 0 Å². The largest absolute Gasteiger partial charge is 0.512 e. The molecule has 0 bridgehead atoms. The lowest BCUT2D eigenvalue weighted by molar-refractivity contribution is -0.137. The van der Waals surface area contributed by atoms with E-state index >= 15 is 0 Å². The third kappa shape index (κ3) is 2.65. The zero-order valence-electron chi connectivity index (χ0n) is 8.69. The predicted octanol–water partition coefficient (Wildman–Crippen LogP) is 0.412. The van der Waals surface area contributed by atoms with Crippen LogP contribution < -0.4 is 0 Å². The summed E-state index contributed by atoms with van der Waals surface area (Å²) in [4.78, 5) is 34.2. The molecule has 1 aliphatic heterocycles. The van der Waals surface area contributed by atoms with Gasteiger partial charge >= 0.3 is 0 Å². The molecule has 0 aliphatic carbocycles. The number of hydrogen-bond acceptors (Lipinski definition) is 4. The zero-order chi connectivity index (χ0) is 11.6. The summed E-state index contributed by atoms with van der Waals surface area (Å²) in [6.45, 7) is 1.31. The number of rotatable bonds is 3. The normalized spacial score (nSPS) is 22.4. The summed E-state index contributed by atoms with van der Waals surface area (Å²) < 4.78 is 0. The van der Waals surface area contributed by atoms with Gasteiger partial charge < -0.3 is 5.11 Å². The van der Waals surface area contributed by atoms with Gasteiger partial charge in [0, 0.05) is 26.0 Å². The number of hydrogen-bond donors (Lipinski definition) is 1. The van der Waals surface area contributed by atoms with E-state index in [0.717, 1.165) is 11.0 Å². The van der Waals surface area contributed by atoms with Crippen LogP contribution in [0.5, 0.6) is 0 Å². The van der Waals surface area contributed by atoms with Crippen LogP contribution in [-0.2, 0) is 14.4 Å². The molecule has 15 heavy (non-hydrogen) atoms. The molecule has 0 radical (unpaired) electrons. The number of aliphatic hydroxyl groups is 1. The van der Waals surface area contributed by atoms with E-state index in [1.807, 2.05) is 0 Å². The molecule has 5 nitrogen and oxygen atoms in total. The Kier molecular flexibility index (Phi) is 3.24. The van der Waals surface area contributed by atoms with Crippen molar-refractivity contribution in [1.82, 2.24) is 4.90 Å². The van der Waals surface area contributed by atoms with Crippen molar-refractivity contribution in [2.45, 2.75) is 19.8 Å². The molecule has 5 heteroatoms. The molecule has 1 heterocycles. The lowest BCUT2D eigenvalue weighted by Gasteiger charge is -2.07. The first-order valence-corrected chi connectivity index (χ1v) is 4.62. The third-order valence-corrected chi connectivity index (χ3v) is 2.30. The summed E-state index contributed by atoms with van der Waals surface area (Å²) in [6.07, 6.45) is 1.22. The quantitative estimate of drug-likeness (QED) is 0.417. The van der Waals surface area contributed by atoms with E-state index in [-0.39, 0.29) is 36.2 Å². The standard InChI is InChI=1S/C10H13NO4/c1-6(12)3-8(13)4-7-5-9(14)11(2)10(7)15/h3,7,13H,4-5H2,1-2H3/b8-3-. The van der Waals surface area contributed by atoms with E-state index in [9.17, 15) is 19.5 Å². The van der Waals surface area contributed by atoms with Gasteiger partial charge in [0.25, 0.3) is 0 Å². The second-order valence-electron chi connectivity index (χ2n) is 3.64. The molecule has 1 rings (SSSR count). The number of imide groups is 1. The summed E-state index contributed by atoms with van der Waals surface area (Å²) in [5, 5.41) is 9.33. The van der Waals surface area contributed by atoms with Crippen LogP contribution in [0.1, 0.15) is 19.8 Å². The van der Waals surface area contributed by atoms with Crippen molar-refractivity contribution in [2.24, 2.45) is 5.92 Å². The zero-order valence-corrected chi connectivity index (χ0v) is 8.69. The number of amides is 2. The maximum Gasteiger partial charge on any atom is 0.232 e. The molecule has 82 valence electrons. The average molecular weight is 211 g/mol. The second-order valence-corrected chi connectivity index (χ2v) is 3.64. The van der Waals surface area contributed by atoms with Crippen molar-refractivity contribution in [3.63, 3.8) is 0 Å². The van der Waals surface area contributed by atoms with Crippen LogP contribution >= 0.6 is 0 Å². The van der Waals surface area contributed by atoms with E-state index in [0.29, 0.717) is 0 Å². The van der Waals surface area contributed by atoms with Gasteiger partial charge in [-0.3, -0.25) is 19.3 Å². The van der Waals surface area contributed by atoms with Crippen LogP contribution in [0, 0.1) is 5.92 Å². The molecule has 1 saturated heterocycles. The fraction of sp³-hybridized carbons (Fsp3) is 0.500. The van der Waals surface area contributed by atoms with Gasteiger partial charge in [-0.1, -0.05) is 0 Å². The van der Waals surface area contributed by atoms with Gasteiger partial charge in [0.1, 0.15) is 0 Å². The summed E-state index contributed by atoms with van der Waals surface area (Å²) >= 11 is 0. The first-order valence-electron chi connectivity index (χ1n) is 4.62. The van der Waals surface area contributed by atoms with Gasteiger partial charge in [0.15, 0.2) is 5.78 Å². The first-order chi connectivity index (χ1) is 6.91. The van der Waals surface area contributed by atoms with E-state index in [4.69, 9.17) is 0 Å². The van der Waals surface area contributed by atoms with Crippen LogP contribution in [0.15, 0.2) is 11.8 Å². The van der Waals surface area contributed by atoms with E-state index in [2.05, 4.69) is 0 Å². The molecule has 0 aromatic heterocycles. The number of ketones is 1. The molecule has 0 spiro atoms. The van der Waals surface area contributed by atoms with Crippen LogP contribution in [0.3, 0.4) is 0 Å². The Labute approximate surface area is 87.4 Å². The van der Waals surface area contributed by atoms with Crippen LogP contribution in [0.25, 0.3) is 0 Å². The average Bonchev–Trinajstić information content (AvgIpc) is 2.32. The van der Waals surface area contributed by atoms with Gasteiger partial charge in [-0.2, -0.15) is 0 Å². The van der Waals surface area contributed by atoms with Gasteiger partial charge in [-0.05, 0) is 6.92 Å². The Morgan fingerprint density at radius 3 is 2.60 bits per heavy atom. The van der Waals surface area contributed by atoms with Crippen molar-refractivity contribution < 1.29 is 19.5 Å². The first kappa shape index (κ1) is 11.4. The fourth-order valence-corrected chi connectivity index (χ4v) is 1.54. The molecular weight excluding hydrogens is 198 g/mol. The number of carbonyl (C=O) groups is 3. The number of nitrogens with zero attached hydrogens (tertiary/aromatic N) is 1. The highest BCUT2D eigenvalue weighted by molar-refractivity contribution is 6.03. The maximum absolute atomic E-state index is 11.4. The lowest BCUT2D eigenvalue weighted by Crippen LogP contribution is -2.25. The van der Waals surface area contributed by atoms with Crippen molar-refractivity contribution >= 4 is 17.6 Å². The number of allylic oxidation sites excluding steroid dienone is 2. The molecule has 0 saturated carbocycles. The minimum atomic E-state index is -0.530. The van der Waals surface area contributed by atoms with E-state index < -0.39 is 5.92 Å². The van der Waals surface area contributed by atoms with Gasteiger partial charge in [-0.25, -0.2) is 0 Å². The molecule has 1 unspecified atom stereocenters. The molecule has 1 aliphatic rings. The number of aliphatic hydroxyl groups excluding tert-OH is 1. The molecule has 1 N–H and O–H groups in total. The smallest absolute Gasteiger partial charge is 0.232 e. The SMILES string of the molecule is CC(=O)/C=C(\O)CC1CC(=O)N(C)C1=O. The second kappa shape index (κ2) is 4.25. The number of carbonyl (C=O) groups excluding carboxylic acids is 3. The van der Waals surface area contributed by atoms with Crippen molar-refractivity contribution in [3.05, 3.63) is 11.8 Å². The van der Waals surface area contributed by atoms with Gasteiger partial charge in [-0.15, -0.1) is 0 Å². The third-order valence-electron chi connectivity index (χ3n) is 2.30. The number of likely N-dealkylation sites (tertiary alicyclic amines) is 1. The Morgan fingerprint density at radius 1 is 1.60 bits per heavy atom. The Hall–Kier alpha value is -1.65. The van der Waals surface area contributed by atoms with E-state index in [1.165, 1.54) is 14.0 Å². The summed E-state index contributed by atoms with van der Waals surface area (Å²) in [6, 6.07) is 0. The molecule has 2 amide bonds. The minimum absolute atomic E-state index is 0.0501. The summed E-state index contributed by atoms with van der Waals surface area (Å²) in [5.41, 5.74) is 0. The highest BCUT2D eigenvalue weighted by Crippen LogP contribution is 2.23. The summed E-state index contributed by atoms with van der Waals surface area (Å²) in [7, 11) is 1.41. The van der Waals surface area contributed by atoms with Crippen molar-refractivity contribution in [1.29, 1.82) is 0 Å². The van der Waals surface area contributed by atoms with Crippen molar-refractivity contribution in [3.8, 4) is 0 Å².